The number of nitrogens with zero attached hydrogens (tertiary/aromatic N) is 11. The molecule has 21 heteroatoms. The lowest BCUT2D eigenvalue weighted by Crippen LogP contribution is -2.54. The molecule has 6 atom stereocenters. The zero-order valence-corrected chi connectivity index (χ0v) is 50.7. The third kappa shape index (κ3) is 12.8. The van der Waals surface area contributed by atoms with Gasteiger partial charge in [-0.25, -0.2) is 9.97 Å². The Balaban J connectivity index is 0.571. The maximum absolute atomic E-state index is 14.6. The lowest BCUT2D eigenvalue weighted by atomic mass is 9.91. The van der Waals surface area contributed by atoms with Gasteiger partial charge in [-0.3, -0.25) is 9.59 Å². The third-order valence-electron chi connectivity index (χ3n) is 18.6. The Labute approximate surface area is 502 Å². The quantitative estimate of drug-likeness (QED) is 0.0601. The number of hydrogen-bond donors (Lipinski definition) is 4. The SMILES string of the molecule is Cc1ncsc1-c1ccc(C(C)NC(=O)[C@@H]2C[C@@H](O)CN2C(=O)[C@@H](c2cc(N3CCC(CN4CCC(OC5CC(Oc6cc(N7C8CC[C@@H]7CN(c7cc(-c9ccccc9O)nnc7N)C8)ccn6)C5)CC4)CC3)no2)C(C)C)cc1CN(C)C. The first-order valence-electron chi connectivity index (χ1n) is 30.7. The fraction of sp³-hybridized carbons (Fsp3) is 0.547. The van der Waals surface area contributed by atoms with E-state index in [1.165, 1.54) is 0 Å². The summed E-state index contributed by atoms with van der Waals surface area (Å²) in [5.41, 5.74) is 15.7. The molecule has 20 nitrogen and oxygen atoms in total. The number of amides is 2. The highest BCUT2D eigenvalue weighted by Crippen LogP contribution is 2.42. The number of phenolic OH excluding ortho intramolecular Hbond substituents is 1. The number of ether oxygens (including phenoxy) is 2. The number of thiazole rings is 1. The number of rotatable bonds is 19. The van der Waals surface area contributed by atoms with Crippen molar-refractivity contribution in [1.29, 1.82) is 0 Å². The lowest BCUT2D eigenvalue weighted by Gasteiger charge is -2.43. The van der Waals surface area contributed by atoms with Crippen LogP contribution in [-0.4, -0.2) is 171 Å². The summed E-state index contributed by atoms with van der Waals surface area (Å²) in [5, 5.41) is 37.7. The number of likely N-dealkylation sites (tertiary alicyclic amines) is 2. The van der Waals surface area contributed by atoms with Gasteiger partial charge in [-0.05, 0) is 119 Å². The van der Waals surface area contributed by atoms with E-state index in [1.807, 2.05) is 77.8 Å². The lowest BCUT2D eigenvalue weighted by molar-refractivity contribution is -0.141. The summed E-state index contributed by atoms with van der Waals surface area (Å²) < 4.78 is 19.1. The average Bonchev–Trinajstić information content (AvgIpc) is 4.16. The van der Waals surface area contributed by atoms with E-state index in [9.17, 15) is 19.8 Å². The van der Waals surface area contributed by atoms with Crippen LogP contribution in [0.15, 0.2) is 83.0 Å². The molecule has 85 heavy (non-hydrogen) atoms. The Bertz CT molecular complexity index is 3290. The summed E-state index contributed by atoms with van der Waals surface area (Å²) >= 11 is 1.62. The Kier molecular flexibility index (Phi) is 17.3. The smallest absolute Gasteiger partial charge is 0.243 e. The monoisotopic (exact) mass is 1180 g/mol. The number of aliphatic hydroxyl groups excluding tert-OH is 1. The van der Waals surface area contributed by atoms with Gasteiger partial charge in [0.05, 0.1) is 51.8 Å². The summed E-state index contributed by atoms with van der Waals surface area (Å²) in [4.78, 5) is 52.3. The number of para-hydroxylation sites is 1. The first kappa shape index (κ1) is 58.5. The van der Waals surface area contributed by atoms with Gasteiger partial charge < -0.3 is 64.7 Å². The largest absolute Gasteiger partial charge is 0.507 e. The number of nitrogen functional groups attached to an aromatic ring is 1. The highest BCUT2D eigenvalue weighted by molar-refractivity contribution is 7.13. The molecule has 1 aliphatic carbocycles. The molecule has 2 unspecified atom stereocenters. The van der Waals surface area contributed by atoms with Gasteiger partial charge in [-0.1, -0.05) is 49.3 Å². The number of aromatic nitrogens is 5. The van der Waals surface area contributed by atoms with Crippen LogP contribution in [0.25, 0.3) is 21.7 Å². The molecule has 2 aromatic carbocycles. The number of nitrogens with one attached hydrogen (secondary N) is 1. The third-order valence-corrected chi connectivity index (χ3v) is 19.6. The molecule has 12 rings (SSSR count). The molecule has 9 heterocycles. The molecule has 0 spiro atoms. The predicted octanol–water partition coefficient (Wildman–Crippen LogP) is 8.05. The standard InChI is InChI=1S/C64H83N13O7S/c1-38(2)60(64(81)76-36-47(78)27-55(76)63(80)68-39(3)42-11-14-51(43(25-42)33-72(5)6)61-40(4)67-37-85-61)57-31-58(71-84-57)74-23-16-41(17-24-74)32-73-21-18-48(19-22-73)82-49-28-50(29-49)83-59-26-44(15-20-66-59)77-45-12-13-46(77)35-75(34-45)54-30-53(69-70-62(54)65)52-9-7-8-10-56(52)79/h7-11,14-15,20,25-26,30-31,37-39,41,45-50,55,60,78-79H,12-13,16-19,21-24,27-29,32-36H2,1-6H3,(H2,65,70)(H,68,80)/t39?,45-,46?,47-,49?,50?,55+,60-/m1/s1. The Morgan fingerprint density at radius 1 is 0.847 bits per heavy atom. The van der Waals surface area contributed by atoms with Gasteiger partial charge in [0.15, 0.2) is 17.4 Å². The van der Waals surface area contributed by atoms with E-state index in [-0.39, 0.29) is 60.8 Å². The summed E-state index contributed by atoms with van der Waals surface area (Å²) in [6, 6.07) is 21.0. The number of carbonyl (C=O) groups is 2. The minimum Gasteiger partial charge on any atom is -0.507 e. The van der Waals surface area contributed by atoms with E-state index in [1.54, 1.807) is 28.4 Å². The summed E-state index contributed by atoms with van der Waals surface area (Å²) in [5.74, 6) is 1.69. The number of piperazine rings is 1. The van der Waals surface area contributed by atoms with E-state index < -0.39 is 18.1 Å². The highest BCUT2D eigenvalue weighted by atomic mass is 32.1. The summed E-state index contributed by atoms with van der Waals surface area (Å²) in [6.07, 6.45) is 9.80. The van der Waals surface area contributed by atoms with Crippen LogP contribution in [0.4, 0.5) is 23.0 Å². The highest BCUT2D eigenvalue weighted by Gasteiger charge is 2.45. The number of carbonyl (C=O) groups excluding carboxylic acids is 2. The molecule has 1 saturated carbocycles. The van der Waals surface area contributed by atoms with E-state index in [0.717, 1.165) is 148 Å². The van der Waals surface area contributed by atoms with Crippen molar-refractivity contribution in [3.63, 3.8) is 0 Å². The number of nitrogens with two attached hydrogens (primary N) is 1. The van der Waals surface area contributed by atoms with Crippen molar-refractivity contribution in [2.24, 2.45) is 11.8 Å². The zero-order chi connectivity index (χ0) is 59.0. The van der Waals surface area contributed by atoms with Crippen LogP contribution in [0, 0.1) is 18.8 Å². The van der Waals surface area contributed by atoms with Crippen molar-refractivity contribution in [3.05, 3.63) is 101 Å². The van der Waals surface area contributed by atoms with E-state index >= 15 is 0 Å². The molecular formula is C64H83N13O7S. The van der Waals surface area contributed by atoms with Gasteiger partial charge in [0.2, 0.25) is 17.7 Å². The second kappa shape index (κ2) is 25.2. The maximum Gasteiger partial charge on any atom is 0.243 e. The average molecular weight is 1180 g/mol. The number of β-amino-alcohol motifs (C(OH)–C–C–N with tert-alkyl or cyclic N) is 1. The Morgan fingerprint density at radius 3 is 2.33 bits per heavy atom. The van der Waals surface area contributed by atoms with Crippen molar-refractivity contribution in [2.45, 2.75) is 147 Å². The minimum atomic E-state index is -0.818. The van der Waals surface area contributed by atoms with Crippen LogP contribution in [0.1, 0.15) is 113 Å². The van der Waals surface area contributed by atoms with E-state index in [0.29, 0.717) is 46.7 Å². The van der Waals surface area contributed by atoms with Gasteiger partial charge in [-0.2, -0.15) is 0 Å². The van der Waals surface area contributed by atoms with Crippen LogP contribution in [0.3, 0.4) is 0 Å². The molecule has 4 aromatic heterocycles. The minimum absolute atomic E-state index is 0.0775. The van der Waals surface area contributed by atoms with Crippen LogP contribution in [-0.2, 0) is 20.9 Å². The van der Waals surface area contributed by atoms with Gasteiger partial charge >= 0.3 is 0 Å². The molecule has 2 amide bonds. The molecule has 5 aliphatic heterocycles. The molecule has 6 aromatic rings. The summed E-state index contributed by atoms with van der Waals surface area (Å²) in [6.45, 7) is 15.2. The number of anilines is 4. The molecule has 0 radical (unpaired) electrons. The molecular weight excluding hydrogens is 1090 g/mol. The van der Waals surface area contributed by atoms with E-state index in [4.69, 9.17) is 19.7 Å². The number of hydrogen-bond acceptors (Lipinski definition) is 19. The van der Waals surface area contributed by atoms with Crippen molar-refractivity contribution in [2.75, 3.05) is 86.9 Å². The Morgan fingerprint density at radius 2 is 1.61 bits per heavy atom. The van der Waals surface area contributed by atoms with Crippen molar-refractivity contribution in [3.8, 4) is 33.3 Å². The predicted molar refractivity (Wildman–Crippen MR) is 329 cm³/mol. The number of aliphatic hydroxyl groups is 1. The Hall–Kier alpha value is -6.91. The van der Waals surface area contributed by atoms with E-state index in [2.05, 4.69) is 85.5 Å². The number of phenols is 1. The molecule has 6 fully saturated rings. The molecule has 452 valence electrons. The number of pyridine rings is 1. The maximum atomic E-state index is 14.6. The number of piperidine rings is 2. The molecule has 5 saturated heterocycles. The second-order valence-electron chi connectivity index (χ2n) is 25.3. The van der Waals surface area contributed by atoms with Gasteiger partial charge in [0.1, 0.15) is 23.8 Å². The van der Waals surface area contributed by atoms with Crippen molar-refractivity contribution >= 4 is 46.2 Å². The van der Waals surface area contributed by atoms with Gasteiger partial charge in [-0.15, -0.1) is 21.5 Å². The number of fused-ring (bicyclic) bond motifs is 2. The van der Waals surface area contributed by atoms with Crippen LogP contribution < -0.4 is 30.5 Å². The molecule has 5 N–H and O–H groups in total. The number of benzene rings is 2. The number of aromatic hydroxyl groups is 1. The van der Waals surface area contributed by atoms with Crippen LogP contribution in [0.2, 0.25) is 0 Å². The first-order chi connectivity index (χ1) is 41.1. The van der Waals surface area contributed by atoms with Gasteiger partial charge in [0.25, 0.3) is 0 Å². The topological polar surface area (TPSA) is 228 Å². The fourth-order valence-corrected chi connectivity index (χ4v) is 14.9. The number of aryl methyl sites for hydroxylation is 1. The van der Waals surface area contributed by atoms with Gasteiger partial charge in [0, 0.05) is 120 Å². The summed E-state index contributed by atoms with van der Waals surface area (Å²) in [7, 11) is 4.08. The van der Waals surface area contributed by atoms with Crippen molar-refractivity contribution in [1.82, 2.24) is 45.3 Å². The first-order valence-corrected chi connectivity index (χ1v) is 31.6. The van der Waals surface area contributed by atoms with Crippen molar-refractivity contribution < 1.29 is 33.8 Å². The molecule has 6 aliphatic rings. The second-order valence-corrected chi connectivity index (χ2v) is 26.2. The zero-order valence-electron chi connectivity index (χ0n) is 49.9. The fourth-order valence-electron chi connectivity index (χ4n) is 14.0. The van der Waals surface area contributed by atoms with Crippen LogP contribution in [0.5, 0.6) is 11.6 Å². The molecule has 2 bridgehead atoms. The normalized spacial score (nSPS) is 23.9. The van der Waals surface area contributed by atoms with Crippen LogP contribution >= 0.6 is 11.3 Å².